The molecular weight excluding hydrogens is 351 g/mol. The number of aliphatic hydroxyl groups is 3. The number of imidazole rings is 1. The lowest BCUT2D eigenvalue weighted by Crippen LogP contribution is -2.47. The third-order valence-electron chi connectivity index (χ3n) is 4.16. The van der Waals surface area contributed by atoms with E-state index in [4.69, 9.17) is 16.3 Å². The van der Waals surface area contributed by atoms with E-state index in [-0.39, 0.29) is 17.1 Å². The molecule has 1 fully saturated rings. The zero-order valence-electron chi connectivity index (χ0n) is 13.6. The Morgan fingerprint density at radius 3 is 2.88 bits per heavy atom. The van der Waals surface area contributed by atoms with Crippen molar-refractivity contribution in [2.24, 2.45) is 0 Å². The summed E-state index contributed by atoms with van der Waals surface area (Å²) in [6.07, 6.45) is -4.41. The van der Waals surface area contributed by atoms with Crippen molar-refractivity contribution in [2.45, 2.75) is 37.1 Å². The van der Waals surface area contributed by atoms with Crippen molar-refractivity contribution in [2.75, 3.05) is 18.3 Å². The molecule has 0 aliphatic carbocycles. The minimum Gasteiger partial charge on any atom is -0.391 e. The summed E-state index contributed by atoms with van der Waals surface area (Å²) in [5, 5.41) is 31.0. The minimum atomic E-state index is -2.30. The molecule has 0 spiro atoms. The van der Waals surface area contributed by atoms with E-state index in [1.165, 1.54) is 6.92 Å². The summed E-state index contributed by atoms with van der Waals surface area (Å²) < 4.78 is 19.8. The lowest BCUT2D eigenvalue weighted by atomic mass is 9.93. The molecule has 5 atom stereocenters. The molecule has 2 aromatic heterocycles. The molecule has 1 aliphatic heterocycles. The fourth-order valence-electron chi connectivity index (χ4n) is 2.86. The maximum absolute atomic E-state index is 12.5. The van der Waals surface area contributed by atoms with Crippen LogP contribution < -0.4 is 17.1 Å². The Hall–Kier alpha value is -2.72. The fraction of sp³-hybridized carbons (Fsp3) is 0.500. The smallest absolute Gasteiger partial charge is 0.301 e. The van der Waals surface area contributed by atoms with Gasteiger partial charge < -0.3 is 31.6 Å². The molecule has 3 rings (SSSR count). The van der Waals surface area contributed by atoms with Crippen LogP contribution in [0.15, 0.2) is 11.1 Å². The SMILES string of the molecule is C[C@H](O)[C@H]1O[C@@H](n2cnc3c(=O)n(N)c(N)nc32)[C@@](O)(C#CCF)C1O. The quantitative estimate of drug-likeness (QED) is 0.277. The van der Waals surface area contributed by atoms with Crippen molar-refractivity contribution < 1.29 is 24.4 Å². The number of hydrogen-bond donors (Lipinski definition) is 5. The molecule has 7 N–H and O–H groups in total. The molecule has 3 heterocycles. The first-order valence-electron chi connectivity index (χ1n) is 7.52. The fourth-order valence-corrected chi connectivity index (χ4v) is 2.86. The summed E-state index contributed by atoms with van der Waals surface area (Å²) in [7, 11) is 0. The van der Waals surface area contributed by atoms with Crippen LogP contribution in [0.2, 0.25) is 0 Å². The van der Waals surface area contributed by atoms with E-state index in [0.29, 0.717) is 4.68 Å². The molecule has 12 heteroatoms. The Balaban J connectivity index is 2.21. The molecule has 0 bridgehead atoms. The van der Waals surface area contributed by atoms with Gasteiger partial charge in [0.25, 0.3) is 0 Å². The van der Waals surface area contributed by atoms with E-state index in [0.717, 1.165) is 10.9 Å². The van der Waals surface area contributed by atoms with Crippen LogP contribution in [-0.2, 0) is 4.74 Å². The highest BCUT2D eigenvalue weighted by Gasteiger charge is 2.57. The predicted molar refractivity (Wildman–Crippen MR) is 86.6 cm³/mol. The molecule has 0 aromatic carbocycles. The van der Waals surface area contributed by atoms with E-state index in [2.05, 4.69) is 15.9 Å². The Morgan fingerprint density at radius 1 is 1.58 bits per heavy atom. The van der Waals surface area contributed by atoms with Gasteiger partial charge in [0.15, 0.2) is 23.0 Å². The van der Waals surface area contributed by atoms with Gasteiger partial charge in [0, 0.05) is 0 Å². The number of anilines is 1. The normalized spacial score (nSPS) is 29.5. The van der Waals surface area contributed by atoms with Crippen LogP contribution in [0, 0.1) is 11.8 Å². The third kappa shape index (κ3) is 2.49. The predicted octanol–water partition coefficient (Wildman–Crippen LogP) is -2.77. The highest BCUT2D eigenvalue weighted by atomic mass is 19.1. The van der Waals surface area contributed by atoms with Crippen LogP contribution in [0.25, 0.3) is 11.2 Å². The number of rotatable bonds is 2. The van der Waals surface area contributed by atoms with Crippen molar-refractivity contribution in [3.05, 3.63) is 16.7 Å². The van der Waals surface area contributed by atoms with Gasteiger partial charge in [-0.3, -0.25) is 9.36 Å². The number of nitrogens with zero attached hydrogens (tertiary/aromatic N) is 4. The summed E-state index contributed by atoms with van der Waals surface area (Å²) in [5.41, 5.74) is 2.29. The van der Waals surface area contributed by atoms with Crippen molar-refractivity contribution >= 4 is 17.1 Å². The first kappa shape index (κ1) is 18.1. The van der Waals surface area contributed by atoms with Gasteiger partial charge in [-0.2, -0.15) is 9.66 Å². The van der Waals surface area contributed by atoms with Crippen molar-refractivity contribution in [1.82, 2.24) is 19.2 Å². The summed E-state index contributed by atoms with van der Waals surface area (Å²) >= 11 is 0. The molecule has 140 valence electrons. The topological polar surface area (TPSA) is 175 Å². The molecule has 1 aliphatic rings. The largest absolute Gasteiger partial charge is 0.391 e. The van der Waals surface area contributed by atoms with Crippen LogP contribution in [0.4, 0.5) is 10.3 Å². The number of ether oxygens (including phenoxy) is 1. The standard InChI is InChI=1S/C14H17FN6O5/c1-6(22)8-9(23)14(25,3-2-4-15)12(26-8)20-5-18-7-10(20)19-13(16)21(17)11(7)24/h5-6,8-9,12,22-23,25H,4,17H2,1H3,(H2,16,19)/t6-,8+,9?,12+,14+/m0/s1. The molecule has 11 nitrogen and oxygen atoms in total. The van der Waals surface area contributed by atoms with Gasteiger partial charge in [0.1, 0.15) is 18.9 Å². The number of alkyl halides is 1. The van der Waals surface area contributed by atoms with Crippen molar-refractivity contribution in [1.29, 1.82) is 0 Å². The number of aromatic nitrogens is 4. The maximum atomic E-state index is 12.5. The lowest BCUT2D eigenvalue weighted by Gasteiger charge is -2.26. The Bertz CT molecular complexity index is 962. The minimum absolute atomic E-state index is 0.0851. The molecule has 1 unspecified atom stereocenters. The van der Waals surface area contributed by atoms with E-state index < -0.39 is 42.4 Å². The number of aliphatic hydroxyl groups excluding tert-OH is 2. The molecule has 26 heavy (non-hydrogen) atoms. The zero-order valence-corrected chi connectivity index (χ0v) is 13.6. The first-order valence-corrected chi connectivity index (χ1v) is 7.52. The van der Waals surface area contributed by atoms with Gasteiger partial charge in [0.05, 0.1) is 12.4 Å². The molecule has 0 amide bonds. The summed E-state index contributed by atoms with van der Waals surface area (Å²) in [6, 6.07) is 0. The molecule has 0 saturated carbocycles. The van der Waals surface area contributed by atoms with Crippen LogP contribution in [0.3, 0.4) is 0 Å². The zero-order chi connectivity index (χ0) is 19.2. The summed E-state index contributed by atoms with van der Waals surface area (Å²) in [4.78, 5) is 19.9. The second kappa shape index (κ2) is 6.22. The van der Waals surface area contributed by atoms with Gasteiger partial charge in [-0.15, -0.1) is 0 Å². The van der Waals surface area contributed by atoms with Crippen molar-refractivity contribution in [3.8, 4) is 11.8 Å². The van der Waals surface area contributed by atoms with Crippen molar-refractivity contribution in [3.63, 3.8) is 0 Å². The van der Waals surface area contributed by atoms with Gasteiger partial charge >= 0.3 is 5.56 Å². The number of hydrogen-bond acceptors (Lipinski definition) is 9. The van der Waals surface area contributed by atoms with Gasteiger partial charge in [0.2, 0.25) is 5.95 Å². The molecule has 1 saturated heterocycles. The second-order valence-corrected chi connectivity index (χ2v) is 5.87. The van der Waals surface area contributed by atoms with Crippen LogP contribution in [-0.4, -0.2) is 65.1 Å². The van der Waals surface area contributed by atoms with E-state index in [9.17, 15) is 24.5 Å². The van der Waals surface area contributed by atoms with E-state index in [1.54, 1.807) is 0 Å². The Kier molecular flexibility index (Phi) is 4.32. The van der Waals surface area contributed by atoms with E-state index in [1.807, 2.05) is 5.92 Å². The van der Waals surface area contributed by atoms with Gasteiger partial charge in [-0.25, -0.2) is 9.37 Å². The first-order chi connectivity index (χ1) is 12.2. The third-order valence-corrected chi connectivity index (χ3v) is 4.16. The highest BCUT2D eigenvalue weighted by Crippen LogP contribution is 2.40. The van der Waals surface area contributed by atoms with Gasteiger partial charge in [-0.05, 0) is 6.92 Å². The second-order valence-electron chi connectivity index (χ2n) is 5.87. The number of fused-ring (bicyclic) bond motifs is 1. The van der Waals surface area contributed by atoms with Crippen LogP contribution in [0.5, 0.6) is 0 Å². The lowest BCUT2D eigenvalue weighted by molar-refractivity contribution is -0.0847. The van der Waals surface area contributed by atoms with Crippen LogP contribution in [0.1, 0.15) is 13.2 Å². The number of halogens is 1. The van der Waals surface area contributed by atoms with Gasteiger partial charge in [-0.1, -0.05) is 11.8 Å². The molecule has 0 radical (unpaired) electrons. The number of nitrogens with two attached hydrogens (primary N) is 2. The van der Waals surface area contributed by atoms with E-state index >= 15 is 0 Å². The Labute approximate surface area is 145 Å². The number of nitrogen functional groups attached to an aromatic ring is 2. The highest BCUT2D eigenvalue weighted by molar-refractivity contribution is 5.71. The molecule has 2 aromatic rings. The Morgan fingerprint density at radius 2 is 2.27 bits per heavy atom. The molecular formula is C14H17FN6O5. The average molecular weight is 368 g/mol. The summed E-state index contributed by atoms with van der Waals surface area (Å²) in [6.45, 7) is 0.267. The average Bonchev–Trinajstić information content (AvgIpc) is 3.11. The van der Waals surface area contributed by atoms with Crippen LogP contribution >= 0.6 is 0 Å². The summed E-state index contributed by atoms with van der Waals surface area (Å²) in [5.74, 6) is 9.39. The maximum Gasteiger partial charge on any atom is 0.301 e. The monoisotopic (exact) mass is 368 g/mol.